The van der Waals surface area contributed by atoms with Crippen molar-refractivity contribution in [3.63, 3.8) is 0 Å². The largest absolute Gasteiger partial charge is 0.245 e. The Morgan fingerprint density at radius 2 is 2.20 bits per heavy atom. The van der Waals surface area contributed by atoms with E-state index in [2.05, 4.69) is 36.7 Å². The number of benzene rings is 1. The Labute approximate surface area is 126 Å². The molecular formula is C16H14N2S2. The molecule has 0 atom stereocenters. The van der Waals surface area contributed by atoms with Gasteiger partial charge in [0.05, 0.1) is 26.3 Å². The number of thiazole rings is 1. The van der Waals surface area contributed by atoms with Gasteiger partial charge in [-0.05, 0) is 48.9 Å². The number of hydrogen-bond acceptors (Lipinski definition) is 4. The zero-order chi connectivity index (χ0) is 13.7. The molecule has 1 aliphatic rings. The number of fused-ring (bicyclic) bond motifs is 1. The third-order valence-electron chi connectivity index (χ3n) is 3.71. The summed E-state index contributed by atoms with van der Waals surface area (Å²) in [6.45, 7) is 6.20. The van der Waals surface area contributed by atoms with Crippen LogP contribution in [0.15, 0.2) is 30.3 Å². The summed E-state index contributed by atoms with van der Waals surface area (Å²) in [4.78, 5) is 5.70. The first-order valence-corrected chi connectivity index (χ1v) is 8.39. The molecule has 4 rings (SSSR count). The van der Waals surface area contributed by atoms with Gasteiger partial charge in [0.2, 0.25) is 0 Å². The van der Waals surface area contributed by atoms with E-state index >= 15 is 0 Å². The number of aromatic nitrogens is 2. The quantitative estimate of drug-likeness (QED) is 0.653. The van der Waals surface area contributed by atoms with Crippen LogP contribution in [0.4, 0.5) is 0 Å². The Hall–Kier alpha value is -1.52. The normalized spacial score (nSPS) is 14.8. The average molecular weight is 298 g/mol. The first-order valence-electron chi connectivity index (χ1n) is 6.73. The Kier molecular flexibility index (Phi) is 2.75. The smallest absolute Gasteiger partial charge is 0.0896 e. The molecule has 0 saturated heterocycles. The van der Waals surface area contributed by atoms with Crippen LogP contribution in [0.5, 0.6) is 0 Å². The van der Waals surface area contributed by atoms with Gasteiger partial charge in [0.25, 0.3) is 0 Å². The van der Waals surface area contributed by atoms with E-state index in [0.29, 0.717) is 5.92 Å². The lowest BCUT2D eigenvalue weighted by molar-refractivity contribution is 1.13. The molecule has 0 amide bonds. The lowest BCUT2D eigenvalue weighted by atomic mass is 10.0. The van der Waals surface area contributed by atoms with Gasteiger partial charge in [0, 0.05) is 11.1 Å². The zero-order valence-electron chi connectivity index (χ0n) is 11.2. The van der Waals surface area contributed by atoms with Gasteiger partial charge < -0.3 is 0 Å². The summed E-state index contributed by atoms with van der Waals surface area (Å²) in [5.74, 6) is 0.679. The second-order valence-corrected chi connectivity index (χ2v) is 6.96. The molecule has 0 radical (unpaired) electrons. The van der Waals surface area contributed by atoms with Crippen molar-refractivity contribution in [1.82, 2.24) is 9.36 Å². The molecule has 1 aromatic carbocycles. The van der Waals surface area contributed by atoms with Crippen LogP contribution < -0.4 is 0 Å². The molecule has 0 bridgehead atoms. The number of allylic oxidation sites excluding steroid dienone is 1. The minimum Gasteiger partial charge on any atom is -0.245 e. The van der Waals surface area contributed by atoms with Crippen LogP contribution in [0.25, 0.3) is 27.0 Å². The summed E-state index contributed by atoms with van der Waals surface area (Å²) >= 11 is 3.29. The van der Waals surface area contributed by atoms with Crippen molar-refractivity contribution in [2.24, 2.45) is 0 Å². The van der Waals surface area contributed by atoms with Crippen LogP contribution in [-0.4, -0.2) is 9.36 Å². The third-order valence-corrected chi connectivity index (χ3v) is 5.61. The fraction of sp³-hybridized carbons (Fsp3) is 0.250. The van der Waals surface area contributed by atoms with Gasteiger partial charge in [-0.25, -0.2) is 4.98 Å². The number of rotatable bonds is 3. The molecule has 2 aromatic heterocycles. The number of hydrogen-bond donors (Lipinski definition) is 0. The zero-order valence-corrected chi connectivity index (χ0v) is 12.9. The molecule has 100 valence electrons. The molecule has 1 fully saturated rings. The van der Waals surface area contributed by atoms with Crippen LogP contribution in [-0.2, 0) is 0 Å². The van der Waals surface area contributed by atoms with Crippen LogP contribution >= 0.6 is 22.9 Å². The van der Waals surface area contributed by atoms with Gasteiger partial charge in [0.1, 0.15) is 0 Å². The summed E-state index contributed by atoms with van der Waals surface area (Å²) in [6, 6.07) is 6.32. The van der Waals surface area contributed by atoms with E-state index < -0.39 is 0 Å². The van der Waals surface area contributed by atoms with E-state index in [1.54, 1.807) is 22.9 Å². The van der Waals surface area contributed by atoms with Crippen molar-refractivity contribution in [3.8, 4) is 11.3 Å². The molecule has 1 saturated carbocycles. The van der Waals surface area contributed by atoms with Crippen molar-refractivity contribution in [3.05, 3.63) is 40.7 Å². The van der Waals surface area contributed by atoms with Gasteiger partial charge >= 0.3 is 0 Å². The van der Waals surface area contributed by atoms with Gasteiger partial charge in [0.15, 0.2) is 0 Å². The molecule has 1 aliphatic carbocycles. The summed E-state index contributed by atoms with van der Waals surface area (Å²) < 4.78 is 6.00. The SMILES string of the molecule is C=C(C)c1snc(-c2cccc3ncsc23)c1C1CC1. The van der Waals surface area contributed by atoms with E-state index in [-0.39, 0.29) is 0 Å². The average Bonchev–Trinajstić information content (AvgIpc) is 3.01. The van der Waals surface area contributed by atoms with Crippen LogP contribution in [0.1, 0.15) is 36.1 Å². The first-order chi connectivity index (χ1) is 9.75. The van der Waals surface area contributed by atoms with E-state index in [1.807, 2.05) is 5.51 Å². The Bertz CT molecular complexity index is 809. The first kappa shape index (κ1) is 12.2. The van der Waals surface area contributed by atoms with E-state index in [0.717, 1.165) is 16.8 Å². The molecular weight excluding hydrogens is 284 g/mol. The lowest BCUT2D eigenvalue weighted by Gasteiger charge is -2.05. The summed E-state index contributed by atoms with van der Waals surface area (Å²) in [5, 5.41) is 0. The molecule has 0 unspecified atom stereocenters. The fourth-order valence-corrected chi connectivity index (χ4v) is 4.32. The Morgan fingerprint density at radius 1 is 1.35 bits per heavy atom. The highest BCUT2D eigenvalue weighted by Gasteiger charge is 2.32. The van der Waals surface area contributed by atoms with Crippen molar-refractivity contribution < 1.29 is 0 Å². The van der Waals surface area contributed by atoms with Crippen molar-refractivity contribution in [2.45, 2.75) is 25.7 Å². The Morgan fingerprint density at radius 3 is 2.95 bits per heavy atom. The van der Waals surface area contributed by atoms with Gasteiger partial charge in [-0.3, -0.25) is 0 Å². The summed E-state index contributed by atoms with van der Waals surface area (Å²) in [6.07, 6.45) is 2.56. The van der Waals surface area contributed by atoms with E-state index in [9.17, 15) is 0 Å². The standard InChI is InChI=1S/C16H14N2S2/c1-9(2)15-13(10-6-7-10)14(18-20-15)11-4-3-5-12-16(11)19-8-17-12/h3-5,8,10H,1,6-7H2,2H3. The topological polar surface area (TPSA) is 25.8 Å². The fourth-order valence-electron chi connectivity index (χ4n) is 2.62. The third kappa shape index (κ3) is 1.83. The van der Waals surface area contributed by atoms with Crippen LogP contribution in [0, 0.1) is 0 Å². The highest BCUT2D eigenvalue weighted by atomic mass is 32.1. The molecule has 2 nitrogen and oxygen atoms in total. The predicted octanol–water partition coefficient (Wildman–Crippen LogP) is 5.33. The summed E-state index contributed by atoms with van der Waals surface area (Å²) in [5.41, 5.74) is 7.92. The highest BCUT2D eigenvalue weighted by molar-refractivity contribution is 7.17. The summed E-state index contributed by atoms with van der Waals surface area (Å²) in [7, 11) is 0. The lowest BCUT2D eigenvalue weighted by Crippen LogP contribution is -1.88. The maximum Gasteiger partial charge on any atom is 0.0896 e. The van der Waals surface area contributed by atoms with Crippen LogP contribution in [0.3, 0.4) is 0 Å². The molecule has 0 aliphatic heterocycles. The molecule has 20 heavy (non-hydrogen) atoms. The molecule has 3 aromatic rings. The molecule has 0 spiro atoms. The minimum atomic E-state index is 0.679. The highest BCUT2D eigenvalue weighted by Crippen LogP contribution is 2.49. The minimum absolute atomic E-state index is 0.679. The van der Waals surface area contributed by atoms with Crippen LogP contribution in [0.2, 0.25) is 0 Å². The maximum atomic E-state index is 4.76. The van der Waals surface area contributed by atoms with Gasteiger partial charge in [-0.15, -0.1) is 11.3 Å². The van der Waals surface area contributed by atoms with Gasteiger partial charge in [-0.1, -0.05) is 18.7 Å². The predicted molar refractivity (Wildman–Crippen MR) is 87.4 cm³/mol. The molecule has 0 N–H and O–H groups in total. The van der Waals surface area contributed by atoms with E-state index in [1.165, 1.54) is 33.5 Å². The van der Waals surface area contributed by atoms with E-state index in [4.69, 9.17) is 4.37 Å². The molecule has 2 heterocycles. The Balaban J connectivity index is 1.98. The van der Waals surface area contributed by atoms with Crippen molar-refractivity contribution in [2.75, 3.05) is 0 Å². The van der Waals surface area contributed by atoms with Crippen molar-refractivity contribution in [1.29, 1.82) is 0 Å². The van der Waals surface area contributed by atoms with Gasteiger partial charge in [-0.2, -0.15) is 4.37 Å². The maximum absolute atomic E-state index is 4.76. The van der Waals surface area contributed by atoms with Crippen molar-refractivity contribution >= 4 is 38.7 Å². The second kappa shape index (κ2) is 4.50. The molecule has 4 heteroatoms. The second-order valence-electron chi connectivity index (χ2n) is 5.33. The number of nitrogens with zero attached hydrogens (tertiary/aromatic N) is 2. The monoisotopic (exact) mass is 298 g/mol.